The molecular weight excluding hydrogens is 388 g/mol. The van der Waals surface area contributed by atoms with Crippen LogP contribution in [0, 0.1) is 0 Å². The summed E-state index contributed by atoms with van der Waals surface area (Å²) in [7, 11) is 0. The molecule has 1 amide bonds. The summed E-state index contributed by atoms with van der Waals surface area (Å²) in [6.45, 7) is 0.319. The van der Waals surface area contributed by atoms with Crippen molar-refractivity contribution in [2.24, 2.45) is 5.10 Å². The third-order valence-electron chi connectivity index (χ3n) is 4.50. The van der Waals surface area contributed by atoms with Crippen molar-refractivity contribution in [1.82, 2.24) is 15.0 Å². The SMILES string of the molecule is O=C(N/N=C\c1c[nH]c2ccccc12)c1cccn(Cc2cccc(Cl)c2)c1=O. The van der Waals surface area contributed by atoms with Crippen LogP contribution in [0.5, 0.6) is 0 Å². The van der Waals surface area contributed by atoms with Crippen molar-refractivity contribution in [2.75, 3.05) is 0 Å². The molecule has 0 aliphatic heterocycles. The highest BCUT2D eigenvalue weighted by Crippen LogP contribution is 2.15. The topological polar surface area (TPSA) is 79.2 Å². The third kappa shape index (κ3) is 4.12. The summed E-state index contributed by atoms with van der Waals surface area (Å²) in [6, 6.07) is 18.2. The zero-order valence-corrected chi connectivity index (χ0v) is 16.1. The number of nitrogens with zero attached hydrogens (tertiary/aromatic N) is 2. The molecule has 0 saturated heterocycles. The molecule has 0 spiro atoms. The second-order valence-corrected chi connectivity index (χ2v) is 6.91. The van der Waals surface area contributed by atoms with Gasteiger partial charge in [0.2, 0.25) is 0 Å². The summed E-state index contributed by atoms with van der Waals surface area (Å²) in [5.74, 6) is -0.563. The van der Waals surface area contributed by atoms with Gasteiger partial charge in [-0.25, -0.2) is 5.43 Å². The molecule has 144 valence electrons. The van der Waals surface area contributed by atoms with Crippen LogP contribution >= 0.6 is 11.6 Å². The first-order chi connectivity index (χ1) is 14.1. The second-order valence-electron chi connectivity index (χ2n) is 6.47. The lowest BCUT2D eigenvalue weighted by Crippen LogP contribution is -2.30. The van der Waals surface area contributed by atoms with E-state index in [2.05, 4.69) is 15.5 Å². The van der Waals surface area contributed by atoms with Crippen molar-refractivity contribution in [3.63, 3.8) is 0 Å². The van der Waals surface area contributed by atoms with Crippen molar-refractivity contribution in [3.8, 4) is 0 Å². The van der Waals surface area contributed by atoms with E-state index >= 15 is 0 Å². The van der Waals surface area contributed by atoms with Crippen molar-refractivity contribution >= 4 is 34.6 Å². The molecule has 2 aromatic carbocycles. The number of H-pyrrole nitrogens is 1. The van der Waals surface area contributed by atoms with Crippen molar-refractivity contribution in [1.29, 1.82) is 0 Å². The molecule has 2 heterocycles. The molecule has 6 nitrogen and oxygen atoms in total. The van der Waals surface area contributed by atoms with Gasteiger partial charge in [-0.15, -0.1) is 0 Å². The zero-order chi connectivity index (χ0) is 20.2. The number of benzene rings is 2. The first kappa shape index (κ1) is 18.7. The van der Waals surface area contributed by atoms with E-state index in [4.69, 9.17) is 11.6 Å². The van der Waals surface area contributed by atoms with Gasteiger partial charge in [0.25, 0.3) is 11.5 Å². The van der Waals surface area contributed by atoms with Gasteiger partial charge >= 0.3 is 0 Å². The Kier molecular flexibility index (Phi) is 5.27. The maximum atomic E-state index is 12.7. The number of aromatic nitrogens is 2. The highest BCUT2D eigenvalue weighted by molar-refractivity contribution is 6.30. The van der Waals surface area contributed by atoms with E-state index in [-0.39, 0.29) is 5.56 Å². The van der Waals surface area contributed by atoms with Gasteiger partial charge in [0.15, 0.2) is 0 Å². The number of halogens is 1. The molecule has 0 atom stereocenters. The molecule has 0 aliphatic rings. The lowest BCUT2D eigenvalue weighted by atomic mass is 10.2. The van der Waals surface area contributed by atoms with E-state index in [1.165, 1.54) is 10.6 Å². The second kappa shape index (κ2) is 8.16. The summed E-state index contributed by atoms with van der Waals surface area (Å²) in [5, 5.41) is 5.58. The molecular formula is C22H17ClN4O2. The predicted octanol–water partition coefficient (Wildman–Crippen LogP) is 3.80. The van der Waals surface area contributed by atoms with Crippen LogP contribution in [0.2, 0.25) is 5.02 Å². The van der Waals surface area contributed by atoms with Gasteiger partial charge in [-0.1, -0.05) is 41.9 Å². The van der Waals surface area contributed by atoms with Crippen LogP contribution < -0.4 is 11.0 Å². The van der Waals surface area contributed by atoms with E-state index in [9.17, 15) is 9.59 Å². The molecule has 0 unspecified atom stereocenters. The molecule has 2 N–H and O–H groups in total. The molecule has 29 heavy (non-hydrogen) atoms. The number of hydrogen-bond donors (Lipinski definition) is 2. The third-order valence-corrected chi connectivity index (χ3v) is 4.73. The van der Waals surface area contributed by atoms with Gasteiger partial charge in [0, 0.05) is 33.9 Å². The Balaban J connectivity index is 1.51. The number of rotatable bonds is 5. The molecule has 4 rings (SSSR count). The van der Waals surface area contributed by atoms with Gasteiger partial charge in [0.05, 0.1) is 12.8 Å². The summed E-state index contributed by atoms with van der Waals surface area (Å²) >= 11 is 6.00. The lowest BCUT2D eigenvalue weighted by molar-refractivity contribution is 0.0953. The lowest BCUT2D eigenvalue weighted by Gasteiger charge is -2.08. The number of fused-ring (bicyclic) bond motifs is 1. The highest BCUT2D eigenvalue weighted by Gasteiger charge is 2.12. The Bertz CT molecular complexity index is 1270. The van der Waals surface area contributed by atoms with Crippen LogP contribution in [0.4, 0.5) is 0 Å². The number of pyridine rings is 1. The van der Waals surface area contributed by atoms with Crippen LogP contribution in [0.1, 0.15) is 21.5 Å². The molecule has 0 saturated carbocycles. The van der Waals surface area contributed by atoms with E-state index in [1.54, 1.807) is 36.8 Å². The number of hydrogen-bond acceptors (Lipinski definition) is 3. The summed E-state index contributed by atoms with van der Waals surface area (Å²) < 4.78 is 1.46. The van der Waals surface area contributed by atoms with Crippen LogP contribution in [-0.2, 0) is 6.54 Å². The molecule has 2 aromatic heterocycles. The van der Waals surface area contributed by atoms with E-state index in [0.717, 1.165) is 22.0 Å². The molecule has 7 heteroatoms. The minimum absolute atomic E-state index is 0.0191. The Morgan fingerprint density at radius 1 is 1.14 bits per heavy atom. The van der Waals surface area contributed by atoms with Crippen molar-refractivity contribution < 1.29 is 4.79 Å². The summed E-state index contributed by atoms with van der Waals surface area (Å²) in [4.78, 5) is 28.3. The van der Waals surface area contributed by atoms with E-state index < -0.39 is 11.5 Å². The van der Waals surface area contributed by atoms with Gasteiger partial charge in [-0.3, -0.25) is 9.59 Å². The molecule has 0 fully saturated rings. The molecule has 0 radical (unpaired) electrons. The molecule has 0 bridgehead atoms. The van der Waals surface area contributed by atoms with Crippen molar-refractivity contribution in [3.05, 3.63) is 105 Å². The summed E-state index contributed by atoms with van der Waals surface area (Å²) in [6.07, 6.45) is 4.99. The number of carbonyl (C=O) groups excluding carboxylic acids is 1. The number of hydrazone groups is 1. The molecule has 0 aliphatic carbocycles. The number of nitrogens with one attached hydrogen (secondary N) is 2. The first-order valence-electron chi connectivity index (χ1n) is 8.95. The van der Waals surface area contributed by atoms with Gasteiger partial charge in [-0.05, 0) is 35.9 Å². The molecule has 4 aromatic rings. The van der Waals surface area contributed by atoms with E-state index in [0.29, 0.717) is 11.6 Å². The van der Waals surface area contributed by atoms with Gasteiger partial charge in [-0.2, -0.15) is 5.10 Å². The monoisotopic (exact) mass is 404 g/mol. The highest BCUT2D eigenvalue weighted by atomic mass is 35.5. The Labute approximate surface area is 171 Å². The fourth-order valence-corrected chi connectivity index (χ4v) is 3.30. The van der Waals surface area contributed by atoms with Crippen LogP contribution in [0.25, 0.3) is 10.9 Å². The number of carbonyl (C=O) groups is 1. The average Bonchev–Trinajstić information content (AvgIpc) is 3.13. The summed E-state index contributed by atoms with van der Waals surface area (Å²) in [5.41, 5.74) is 4.74. The zero-order valence-electron chi connectivity index (χ0n) is 15.3. The standard InChI is InChI=1S/C22H17ClN4O2/c23-17-6-3-5-15(11-17)14-27-10-4-8-19(22(27)29)21(28)26-25-13-16-12-24-20-9-2-1-7-18(16)20/h1-13,24H,14H2,(H,26,28)/b25-13-. The Morgan fingerprint density at radius 2 is 2.00 bits per heavy atom. The Morgan fingerprint density at radius 3 is 2.86 bits per heavy atom. The maximum Gasteiger partial charge on any atom is 0.276 e. The quantitative estimate of drug-likeness (QED) is 0.392. The van der Waals surface area contributed by atoms with Crippen molar-refractivity contribution in [2.45, 2.75) is 6.54 Å². The smallest absolute Gasteiger partial charge is 0.276 e. The maximum absolute atomic E-state index is 12.7. The predicted molar refractivity (Wildman–Crippen MR) is 115 cm³/mol. The van der Waals surface area contributed by atoms with Gasteiger partial charge < -0.3 is 9.55 Å². The minimum Gasteiger partial charge on any atom is -0.361 e. The van der Waals surface area contributed by atoms with Crippen LogP contribution in [0.15, 0.2) is 83.0 Å². The number of para-hydroxylation sites is 1. The normalized spacial score (nSPS) is 11.2. The Hall–Kier alpha value is -3.64. The average molecular weight is 405 g/mol. The van der Waals surface area contributed by atoms with E-state index in [1.807, 2.05) is 36.4 Å². The number of amides is 1. The van der Waals surface area contributed by atoms with Crippen LogP contribution in [-0.4, -0.2) is 21.7 Å². The fourth-order valence-electron chi connectivity index (χ4n) is 3.09. The largest absolute Gasteiger partial charge is 0.361 e. The number of aromatic amines is 1. The van der Waals surface area contributed by atoms with Gasteiger partial charge in [0.1, 0.15) is 5.56 Å². The van der Waals surface area contributed by atoms with Crippen LogP contribution in [0.3, 0.4) is 0 Å². The first-order valence-corrected chi connectivity index (χ1v) is 9.33. The fraction of sp³-hybridized carbons (Fsp3) is 0.0455. The minimum atomic E-state index is -0.563.